The van der Waals surface area contributed by atoms with Crippen LogP contribution < -0.4 is 4.18 Å². The number of benzene rings is 2. The monoisotopic (exact) mass is 334 g/mol. The first-order valence-electron chi connectivity index (χ1n) is 7.43. The van der Waals surface area contributed by atoms with Crippen LogP contribution in [0.25, 0.3) is 0 Å². The number of methoxy groups -OCH3 is 1. The maximum absolute atomic E-state index is 12.6. The number of hydrogen-bond donors (Lipinski definition) is 0. The molecule has 2 aromatic rings. The summed E-state index contributed by atoms with van der Waals surface area (Å²) in [6, 6.07) is 10.7. The summed E-state index contributed by atoms with van der Waals surface area (Å²) in [6.45, 7) is 6.13. The van der Waals surface area contributed by atoms with Gasteiger partial charge in [0, 0.05) is 7.11 Å². The van der Waals surface area contributed by atoms with E-state index in [1.54, 1.807) is 33.1 Å². The van der Waals surface area contributed by atoms with Gasteiger partial charge in [-0.1, -0.05) is 29.8 Å². The van der Waals surface area contributed by atoms with Crippen LogP contribution in [0.4, 0.5) is 0 Å². The highest BCUT2D eigenvalue weighted by Gasteiger charge is 2.22. The summed E-state index contributed by atoms with van der Waals surface area (Å²) in [7, 11) is -2.20. The minimum absolute atomic E-state index is 0.242. The van der Waals surface area contributed by atoms with Crippen molar-refractivity contribution in [3.63, 3.8) is 0 Å². The van der Waals surface area contributed by atoms with Crippen molar-refractivity contribution in [2.75, 3.05) is 13.7 Å². The number of aryl methyl sites for hydroxylation is 3. The highest BCUT2D eigenvalue weighted by atomic mass is 32.2. The number of rotatable bonds is 6. The van der Waals surface area contributed by atoms with E-state index in [-0.39, 0.29) is 4.90 Å². The second-order valence-corrected chi connectivity index (χ2v) is 7.14. The van der Waals surface area contributed by atoms with Crippen molar-refractivity contribution >= 4 is 10.1 Å². The molecule has 4 nitrogen and oxygen atoms in total. The molecule has 0 aliphatic rings. The molecule has 0 heterocycles. The lowest BCUT2D eigenvalue weighted by Gasteiger charge is -2.13. The molecule has 2 aromatic carbocycles. The van der Waals surface area contributed by atoms with Gasteiger partial charge in [-0.3, -0.25) is 0 Å². The Morgan fingerprint density at radius 1 is 0.957 bits per heavy atom. The summed E-state index contributed by atoms with van der Waals surface area (Å²) in [5.41, 5.74) is 3.49. The van der Waals surface area contributed by atoms with Gasteiger partial charge < -0.3 is 8.92 Å². The summed E-state index contributed by atoms with van der Waals surface area (Å²) in [6.07, 6.45) is 0.777. The fourth-order valence-electron chi connectivity index (χ4n) is 2.66. The van der Waals surface area contributed by atoms with Gasteiger partial charge in [-0.05, 0) is 56.0 Å². The first-order chi connectivity index (χ1) is 10.8. The highest BCUT2D eigenvalue weighted by molar-refractivity contribution is 7.87. The molecule has 0 fully saturated rings. The quantitative estimate of drug-likeness (QED) is 0.758. The third kappa shape index (κ3) is 4.33. The molecule has 0 aliphatic heterocycles. The molecule has 124 valence electrons. The van der Waals surface area contributed by atoms with E-state index in [2.05, 4.69) is 0 Å². The molecule has 0 N–H and O–H groups in total. The van der Waals surface area contributed by atoms with Gasteiger partial charge in [-0.2, -0.15) is 8.42 Å². The van der Waals surface area contributed by atoms with Crippen molar-refractivity contribution in [2.24, 2.45) is 0 Å². The lowest BCUT2D eigenvalue weighted by atomic mass is 10.1. The summed E-state index contributed by atoms with van der Waals surface area (Å²) >= 11 is 0. The Hall–Kier alpha value is -1.85. The predicted octanol–water partition coefficient (Wildman–Crippen LogP) is 3.57. The van der Waals surface area contributed by atoms with Crippen LogP contribution in [0.1, 0.15) is 22.3 Å². The first-order valence-corrected chi connectivity index (χ1v) is 8.84. The van der Waals surface area contributed by atoms with Crippen molar-refractivity contribution in [3.05, 3.63) is 58.7 Å². The summed E-state index contributed by atoms with van der Waals surface area (Å²) in [5.74, 6) is 0.311. The Kier molecular flexibility index (Phi) is 5.44. The highest BCUT2D eigenvalue weighted by Crippen LogP contribution is 2.25. The van der Waals surface area contributed by atoms with Gasteiger partial charge in [0.05, 0.1) is 6.61 Å². The predicted molar refractivity (Wildman–Crippen MR) is 90.5 cm³/mol. The first kappa shape index (κ1) is 17.5. The smallest absolute Gasteiger partial charge is 0.339 e. The van der Waals surface area contributed by atoms with Crippen LogP contribution in [0, 0.1) is 20.8 Å². The second-order valence-electron chi connectivity index (χ2n) is 5.65. The van der Waals surface area contributed by atoms with Crippen molar-refractivity contribution in [2.45, 2.75) is 32.1 Å². The minimum Gasteiger partial charge on any atom is -0.384 e. The van der Waals surface area contributed by atoms with E-state index in [1.165, 1.54) is 0 Å². The fourth-order valence-corrected chi connectivity index (χ4v) is 4.02. The average Bonchev–Trinajstić information content (AvgIpc) is 2.44. The van der Waals surface area contributed by atoms with Crippen LogP contribution in [0.5, 0.6) is 5.75 Å². The zero-order valence-electron chi connectivity index (χ0n) is 13.9. The molecule has 0 saturated heterocycles. The molecule has 23 heavy (non-hydrogen) atoms. The zero-order valence-corrected chi connectivity index (χ0v) is 14.7. The Morgan fingerprint density at radius 3 is 2.04 bits per heavy atom. The van der Waals surface area contributed by atoms with Gasteiger partial charge in [0.1, 0.15) is 10.6 Å². The molecule has 0 bridgehead atoms. The van der Waals surface area contributed by atoms with Gasteiger partial charge in [0.15, 0.2) is 0 Å². The SMILES string of the molecule is COCCc1ccc(OS(=O)(=O)c2c(C)cc(C)cc2C)cc1. The van der Waals surface area contributed by atoms with E-state index in [1.807, 2.05) is 31.2 Å². The molecule has 0 spiro atoms. The normalized spacial score (nSPS) is 11.5. The number of hydrogen-bond acceptors (Lipinski definition) is 4. The lowest BCUT2D eigenvalue weighted by molar-refractivity contribution is 0.202. The minimum atomic E-state index is -3.85. The Labute approximate surface area is 138 Å². The van der Waals surface area contributed by atoms with E-state index < -0.39 is 10.1 Å². The van der Waals surface area contributed by atoms with Crippen LogP contribution in [-0.2, 0) is 21.3 Å². The van der Waals surface area contributed by atoms with Gasteiger partial charge in [0.25, 0.3) is 0 Å². The van der Waals surface area contributed by atoms with Crippen molar-refractivity contribution in [1.29, 1.82) is 0 Å². The molecule has 0 unspecified atom stereocenters. The molecule has 0 atom stereocenters. The largest absolute Gasteiger partial charge is 0.384 e. The lowest BCUT2D eigenvalue weighted by Crippen LogP contribution is -2.13. The topological polar surface area (TPSA) is 52.6 Å². The van der Waals surface area contributed by atoms with Gasteiger partial charge in [-0.25, -0.2) is 0 Å². The maximum atomic E-state index is 12.6. The third-order valence-corrected chi connectivity index (χ3v) is 5.13. The Balaban J connectivity index is 2.25. The summed E-state index contributed by atoms with van der Waals surface area (Å²) in [4.78, 5) is 0.242. The van der Waals surface area contributed by atoms with E-state index in [0.29, 0.717) is 23.5 Å². The fraction of sp³-hybridized carbons (Fsp3) is 0.333. The van der Waals surface area contributed by atoms with Gasteiger partial charge in [0.2, 0.25) is 0 Å². The Bertz CT molecular complexity index is 754. The third-order valence-electron chi connectivity index (χ3n) is 3.58. The van der Waals surface area contributed by atoms with Crippen LogP contribution in [0.3, 0.4) is 0 Å². The number of ether oxygens (including phenoxy) is 1. The van der Waals surface area contributed by atoms with Gasteiger partial charge in [-0.15, -0.1) is 0 Å². The molecular weight excluding hydrogens is 312 g/mol. The van der Waals surface area contributed by atoms with E-state index in [4.69, 9.17) is 8.92 Å². The summed E-state index contributed by atoms with van der Waals surface area (Å²) in [5, 5.41) is 0. The maximum Gasteiger partial charge on any atom is 0.339 e. The molecule has 0 amide bonds. The molecule has 0 aliphatic carbocycles. The second kappa shape index (κ2) is 7.15. The van der Waals surface area contributed by atoms with E-state index in [0.717, 1.165) is 17.5 Å². The van der Waals surface area contributed by atoms with Crippen molar-refractivity contribution < 1.29 is 17.3 Å². The van der Waals surface area contributed by atoms with Gasteiger partial charge >= 0.3 is 10.1 Å². The Morgan fingerprint density at radius 2 is 1.52 bits per heavy atom. The van der Waals surface area contributed by atoms with Crippen LogP contribution >= 0.6 is 0 Å². The molecule has 0 radical (unpaired) electrons. The zero-order chi connectivity index (χ0) is 17.0. The molecular formula is C18H22O4S. The van der Waals surface area contributed by atoms with E-state index >= 15 is 0 Å². The van der Waals surface area contributed by atoms with Crippen LogP contribution in [-0.4, -0.2) is 22.1 Å². The van der Waals surface area contributed by atoms with Crippen molar-refractivity contribution in [1.82, 2.24) is 0 Å². The van der Waals surface area contributed by atoms with Crippen molar-refractivity contribution in [3.8, 4) is 5.75 Å². The molecule has 2 rings (SSSR count). The van der Waals surface area contributed by atoms with Crippen LogP contribution in [0.2, 0.25) is 0 Å². The molecule has 0 saturated carbocycles. The average molecular weight is 334 g/mol. The molecule has 0 aromatic heterocycles. The standard InChI is InChI=1S/C18H22O4S/c1-13-11-14(2)18(15(3)12-13)23(19,20)22-17-7-5-16(6-8-17)9-10-21-4/h5-8,11-12H,9-10H2,1-4H3. The van der Waals surface area contributed by atoms with Crippen LogP contribution in [0.15, 0.2) is 41.3 Å². The summed E-state index contributed by atoms with van der Waals surface area (Å²) < 4.78 is 35.5. The molecule has 5 heteroatoms. The van der Waals surface area contributed by atoms with E-state index in [9.17, 15) is 8.42 Å².